The number of ether oxygens (including phenoxy) is 2. The first kappa shape index (κ1) is 16.6. The van der Waals surface area contributed by atoms with E-state index in [0.717, 1.165) is 12.0 Å². The number of para-hydroxylation sites is 1. The van der Waals surface area contributed by atoms with E-state index >= 15 is 0 Å². The van der Waals surface area contributed by atoms with Gasteiger partial charge in [-0.05, 0) is 30.2 Å². The molecular weight excluding hydrogens is 324 g/mol. The highest BCUT2D eigenvalue weighted by Crippen LogP contribution is 2.26. The quantitative estimate of drug-likeness (QED) is 0.738. The van der Waals surface area contributed by atoms with Gasteiger partial charge in [0.1, 0.15) is 23.3 Å². The Morgan fingerprint density at radius 2 is 1.96 bits per heavy atom. The van der Waals surface area contributed by atoms with Gasteiger partial charge in [0.05, 0.1) is 5.39 Å². The van der Waals surface area contributed by atoms with Gasteiger partial charge in [-0.3, -0.25) is 4.79 Å². The number of carboxylic acids is 1. The summed E-state index contributed by atoms with van der Waals surface area (Å²) in [7, 11) is 0. The molecule has 0 atom stereocenters. The SMILES string of the molecule is CCc1ccccc1Oc1coc2cc(OCC(=O)O)ccc2c1=O. The summed E-state index contributed by atoms with van der Waals surface area (Å²) in [4.78, 5) is 23.1. The van der Waals surface area contributed by atoms with E-state index < -0.39 is 12.6 Å². The third-order valence-electron chi connectivity index (χ3n) is 3.65. The average Bonchev–Trinajstić information content (AvgIpc) is 2.62. The van der Waals surface area contributed by atoms with E-state index in [0.29, 0.717) is 22.5 Å². The molecule has 0 unspecified atom stereocenters. The molecule has 1 aromatic heterocycles. The predicted octanol–water partition coefficient (Wildman–Crippen LogP) is 3.61. The van der Waals surface area contributed by atoms with Crippen LogP contribution in [0.4, 0.5) is 0 Å². The lowest BCUT2D eigenvalue weighted by Crippen LogP contribution is -2.10. The summed E-state index contributed by atoms with van der Waals surface area (Å²) < 4.78 is 16.3. The van der Waals surface area contributed by atoms with Crippen LogP contribution in [0.2, 0.25) is 0 Å². The van der Waals surface area contributed by atoms with E-state index in [9.17, 15) is 9.59 Å². The highest BCUT2D eigenvalue weighted by molar-refractivity contribution is 5.79. The number of carboxylic acid groups (broad SMARTS) is 1. The molecule has 0 fully saturated rings. The number of benzene rings is 2. The van der Waals surface area contributed by atoms with Gasteiger partial charge in [-0.1, -0.05) is 25.1 Å². The molecule has 25 heavy (non-hydrogen) atoms. The zero-order chi connectivity index (χ0) is 17.8. The molecule has 0 bridgehead atoms. The summed E-state index contributed by atoms with van der Waals surface area (Å²) in [5, 5.41) is 8.96. The first-order valence-corrected chi connectivity index (χ1v) is 7.74. The third-order valence-corrected chi connectivity index (χ3v) is 3.65. The van der Waals surface area contributed by atoms with Crippen LogP contribution in [-0.2, 0) is 11.2 Å². The van der Waals surface area contributed by atoms with E-state index in [1.165, 1.54) is 24.5 Å². The Hall–Kier alpha value is -3.28. The minimum absolute atomic E-state index is 0.0904. The maximum absolute atomic E-state index is 12.6. The average molecular weight is 340 g/mol. The van der Waals surface area contributed by atoms with Crippen molar-refractivity contribution in [2.75, 3.05) is 6.61 Å². The molecule has 3 aromatic rings. The van der Waals surface area contributed by atoms with Gasteiger partial charge in [0.2, 0.25) is 11.2 Å². The lowest BCUT2D eigenvalue weighted by Gasteiger charge is -2.09. The Morgan fingerprint density at radius 1 is 1.16 bits per heavy atom. The van der Waals surface area contributed by atoms with Gasteiger partial charge >= 0.3 is 5.97 Å². The molecule has 3 rings (SSSR count). The molecule has 0 radical (unpaired) electrons. The van der Waals surface area contributed by atoms with Crippen LogP contribution in [0.25, 0.3) is 11.0 Å². The van der Waals surface area contributed by atoms with Crippen molar-refractivity contribution in [2.24, 2.45) is 0 Å². The smallest absolute Gasteiger partial charge is 0.341 e. The molecule has 6 heteroatoms. The summed E-state index contributed by atoms with van der Waals surface area (Å²) in [6.07, 6.45) is 2.03. The predicted molar refractivity (Wildman–Crippen MR) is 91.5 cm³/mol. The van der Waals surface area contributed by atoms with Crippen molar-refractivity contribution >= 4 is 16.9 Å². The number of aryl methyl sites for hydroxylation is 1. The fourth-order valence-corrected chi connectivity index (χ4v) is 2.41. The van der Waals surface area contributed by atoms with Crippen LogP contribution in [0.1, 0.15) is 12.5 Å². The third kappa shape index (κ3) is 3.63. The van der Waals surface area contributed by atoms with Gasteiger partial charge in [0, 0.05) is 6.07 Å². The summed E-state index contributed by atoms with van der Waals surface area (Å²) in [5.41, 5.74) is 0.973. The van der Waals surface area contributed by atoms with Gasteiger partial charge < -0.3 is 19.0 Å². The number of hydrogen-bond donors (Lipinski definition) is 1. The van der Waals surface area contributed by atoms with Crippen LogP contribution in [0, 0.1) is 0 Å². The highest BCUT2D eigenvalue weighted by atomic mass is 16.5. The lowest BCUT2D eigenvalue weighted by molar-refractivity contribution is -0.139. The van der Waals surface area contributed by atoms with Crippen LogP contribution < -0.4 is 14.9 Å². The van der Waals surface area contributed by atoms with Gasteiger partial charge in [0.25, 0.3) is 0 Å². The summed E-state index contributed by atoms with van der Waals surface area (Å²) >= 11 is 0. The normalized spacial score (nSPS) is 10.6. The van der Waals surface area contributed by atoms with Crippen LogP contribution in [0.5, 0.6) is 17.2 Å². The second kappa shape index (κ2) is 7.09. The van der Waals surface area contributed by atoms with Crippen molar-refractivity contribution < 1.29 is 23.8 Å². The van der Waals surface area contributed by atoms with Crippen LogP contribution in [-0.4, -0.2) is 17.7 Å². The van der Waals surface area contributed by atoms with E-state index in [1.54, 1.807) is 6.07 Å². The maximum Gasteiger partial charge on any atom is 0.341 e. The van der Waals surface area contributed by atoms with E-state index in [1.807, 2.05) is 25.1 Å². The molecule has 6 nitrogen and oxygen atoms in total. The van der Waals surface area contributed by atoms with Crippen LogP contribution >= 0.6 is 0 Å². The minimum atomic E-state index is -1.08. The monoisotopic (exact) mass is 340 g/mol. The molecule has 2 aromatic carbocycles. The number of rotatable bonds is 6. The fraction of sp³-hybridized carbons (Fsp3) is 0.158. The molecule has 0 aliphatic heterocycles. The van der Waals surface area contributed by atoms with Crippen molar-refractivity contribution in [3.63, 3.8) is 0 Å². The molecule has 0 saturated heterocycles. The molecule has 128 valence electrons. The molecule has 1 heterocycles. The lowest BCUT2D eigenvalue weighted by atomic mass is 10.1. The first-order valence-electron chi connectivity index (χ1n) is 7.74. The zero-order valence-electron chi connectivity index (χ0n) is 13.5. The Kier molecular flexibility index (Phi) is 4.70. The largest absolute Gasteiger partial charge is 0.482 e. The number of hydrogen-bond acceptors (Lipinski definition) is 5. The molecule has 0 saturated carbocycles. The van der Waals surface area contributed by atoms with E-state index in [4.69, 9.17) is 19.0 Å². The van der Waals surface area contributed by atoms with Crippen molar-refractivity contribution in [3.8, 4) is 17.2 Å². The Labute approximate surface area is 143 Å². The summed E-state index contributed by atoms with van der Waals surface area (Å²) in [6.45, 7) is 1.54. The highest BCUT2D eigenvalue weighted by Gasteiger charge is 2.12. The zero-order valence-corrected chi connectivity index (χ0v) is 13.5. The second-order valence-corrected chi connectivity index (χ2v) is 5.33. The van der Waals surface area contributed by atoms with Crippen molar-refractivity contribution in [2.45, 2.75) is 13.3 Å². The van der Waals surface area contributed by atoms with Gasteiger partial charge in [-0.25, -0.2) is 4.79 Å². The molecule has 0 aliphatic rings. The fourth-order valence-electron chi connectivity index (χ4n) is 2.41. The molecule has 0 spiro atoms. The Balaban J connectivity index is 1.93. The minimum Gasteiger partial charge on any atom is -0.482 e. The standard InChI is InChI=1S/C19H16O6/c1-2-12-5-3-4-6-15(12)25-17-10-24-16-9-13(23-11-18(20)21)7-8-14(16)19(17)22/h3-10H,2,11H2,1H3,(H,20,21). The molecule has 0 aliphatic carbocycles. The van der Waals surface area contributed by atoms with E-state index in [2.05, 4.69) is 0 Å². The van der Waals surface area contributed by atoms with Crippen molar-refractivity contribution in [1.82, 2.24) is 0 Å². The number of carbonyl (C=O) groups is 1. The van der Waals surface area contributed by atoms with Gasteiger partial charge in [-0.15, -0.1) is 0 Å². The Morgan fingerprint density at radius 3 is 2.72 bits per heavy atom. The summed E-state index contributed by atoms with van der Waals surface area (Å²) in [6, 6.07) is 12.0. The van der Waals surface area contributed by atoms with Crippen molar-refractivity contribution in [1.29, 1.82) is 0 Å². The van der Waals surface area contributed by atoms with Gasteiger partial charge in [-0.2, -0.15) is 0 Å². The van der Waals surface area contributed by atoms with Crippen molar-refractivity contribution in [3.05, 3.63) is 64.5 Å². The number of aliphatic carboxylic acids is 1. The summed E-state index contributed by atoms with van der Waals surface area (Å²) in [5.74, 6) is -0.0754. The van der Waals surface area contributed by atoms with Gasteiger partial charge in [0.15, 0.2) is 6.61 Å². The molecule has 0 amide bonds. The van der Waals surface area contributed by atoms with E-state index in [-0.39, 0.29) is 11.2 Å². The second-order valence-electron chi connectivity index (χ2n) is 5.33. The topological polar surface area (TPSA) is 86.0 Å². The molecular formula is C19H16O6. The van der Waals surface area contributed by atoms with Crippen LogP contribution in [0.3, 0.4) is 0 Å². The Bertz CT molecular complexity index is 973. The number of fused-ring (bicyclic) bond motifs is 1. The molecule has 1 N–H and O–H groups in total. The first-order chi connectivity index (χ1) is 12.1. The van der Waals surface area contributed by atoms with Crippen LogP contribution in [0.15, 0.2) is 57.9 Å². The maximum atomic E-state index is 12.6.